The maximum Gasteiger partial charge on any atom is 0.338 e. The molecule has 0 atom stereocenters. The van der Waals surface area contributed by atoms with E-state index in [1.807, 2.05) is 24.3 Å². The molecule has 0 bridgehead atoms. The Bertz CT molecular complexity index is 1030. The fourth-order valence-electron chi connectivity index (χ4n) is 2.68. The standard InChI is InChI=1S/C20H19ClN6O3/c21-17-4-2-1-3-15(17)12-29-19(28)14-7-5-13(6-8-14)18-10-9-16(30-18)11-22-23-20-24-26-27-25-20/h1-11,20,23-27H,12H2/b22-11+. The van der Waals surface area contributed by atoms with Crippen LogP contribution in [0.15, 0.2) is 70.2 Å². The fourth-order valence-corrected chi connectivity index (χ4v) is 2.87. The van der Waals surface area contributed by atoms with Crippen LogP contribution in [0, 0.1) is 0 Å². The summed E-state index contributed by atoms with van der Waals surface area (Å²) in [4.78, 5) is 12.3. The molecule has 1 saturated heterocycles. The molecule has 0 spiro atoms. The largest absolute Gasteiger partial charge is 0.457 e. The molecule has 2 aromatic carbocycles. The van der Waals surface area contributed by atoms with E-state index < -0.39 is 5.97 Å². The van der Waals surface area contributed by atoms with Gasteiger partial charge in [-0.3, -0.25) is 5.43 Å². The van der Waals surface area contributed by atoms with E-state index in [2.05, 4.69) is 32.4 Å². The Morgan fingerprint density at radius 1 is 1.10 bits per heavy atom. The molecule has 154 valence electrons. The second-order valence-electron chi connectivity index (χ2n) is 6.31. The zero-order chi connectivity index (χ0) is 20.8. The molecular weight excluding hydrogens is 408 g/mol. The normalized spacial score (nSPS) is 14.3. The molecule has 2 heterocycles. The van der Waals surface area contributed by atoms with Gasteiger partial charge in [-0.25, -0.2) is 15.6 Å². The third-order valence-electron chi connectivity index (χ3n) is 4.24. The highest BCUT2D eigenvalue weighted by Crippen LogP contribution is 2.23. The van der Waals surface area contributed by atoms with Crippen LogP contribution in [-0.4, -0.2) is 18.5 Å². The van der Waals surface area contributed by atoms with Crippen LogP contribution < -0.4 is 27.3 Å². The summed E-state index contributed by atoms with van der Waals surface area (Å²) < 4.78 is 11.1. The topological polar surface area (TPSA) is 112 Å². The van der Waals surface area contributed by atoms with Crippen LogP contribution in [0.25, 0.3) is 11.3 Å². The molecule has 0 saturated carbocycles. The molecule has 5 N–H and O–H groups in total. The lowest BCUT2D eigenvalue weighted by molar-refractivity contribution is 0.0473. The predicted molar refractivity (Wildman–Crippen MR) is 112 cm³/mol. The number of nitrogens with one attached hydrogen (secondary N) is 5. The number of carbonyl (C=O) groups excluding carboxylic acids is 1. The van der Waals surface area contributed by atoms with Crippen LogP contribution in [0.3, 0.4) is 0 Å². The van der Waals surface area contributed by atoms with Gasteiger partial charge in [-0.1, -0.05) is 41.9 Å². The van der Waals surface area contributed by atoms with Crippen molar-refractivity contribution in [3.05, 3.63) is 82.6 Å². The number of hydrazone groups is 1. The van der Waals surface area contributed by atoms with Gasteiger partial charge in [0.1, 0.15) is 18.1 Å². The summed E-state index contributed by atoms with van der Waals surface area (Å²) in [5.74, 6) is 0.824. The van der Waals surface area contributed by atoms with Crippen molar-refractivity contribution in [2.75, 3.05) is 0 Å². The Labute approximate surface area is 177 Å². The second kappa shape index (κ2) is 9.53. The van der Waals surface area contributed by atoms with E-state index in [4.69, 9.17) is 20.8 Å². The Balaban J connectivity index is 1.34. The van der Waals surface area contributed by atoms with Crippen LogP contribution in [-0.2, 0) is 11.3 Å². The summed E-state index contributed by atoms with van der Waals surface area (Å²) in [6, 6.07) is 17.9. The molecule has 1 fully saturated rings. The average molecular weight is 427 g/mol. The van der Waals surface area contributed by atoms with E-state index in [9.17, 15) is 4.79 Å². The number of rotatable bonds is 7. The minimum absolute atomic E-state index is 0.118. The first-order chi connectivity index (χ1) is 14.7. The van der Waals surface area contributed by atoms with Gasteiger partial charge in [-0.2, -0.15) is 16.2 Å². The van der Waals surface area contributed by atoms with E-state index in [-0.39, 0.29) is 12.9 Å². The van der Waals surface area contributed by atoms with Gasteiger partial charge in [0.15, 0.2) is 6.29 Å². The van der Waals surface area contributed by atoms with Gasteiger partial charge in [0.05, 0.1) is 11.8 Å². The van der Waals surface area contributed by atoms with Crippen molar-refractivity contribution >= 4 is 23.8 Å². The number of hydrogen-bond acceptors (Lipinski definition) is 9. The summed E-state index contributed by atoms with van der Waals surface area (Å²) in [6.07, 6.45) is 1.31. The highest BCUT2D eigenvalue weighted by Gasteiger charge is 2.11. The first-order valence-electron chi connectivity index (χ1n) is 9.09. The molecule has 0 aliphatic carbocycles. The molecule has 9 nitrogen and oxygen atoms in total. The molecule has 4 rings (SSSR count). The Morgan fingerprint density at radius 3 is 2.63 bits per heavy atom. The lowest BCUT2D eigenvalue weighted by Crippen LogP contribution is -2.44. The molecule has 3 aromatic rings. The van der Waals surface area contributed by atoms with Crippen LogP contribution in [0.2, 0.25) is 5.02 Å². The molecular formula is C20H19ClN6O3. The number of halogens is 1. The number of ether oxygens (including phenoxy) is 1. The molecule has 0 amide bonds. The number of carbonyl (C=O) groups is 1. The minimum Gasteiger partial charge on any atom is -0.457 e. The predicted octanol–water partition coefficient (Wildman–Crippen LogP) is 2.28. The quantitative estimate of drug-likeness (QED) is 0.222. The van der Waals surface area contributed by atoms with E-state index in [1.54, 1.807) is 42.6 Å². The van der Waals surface area contributed by atoms with Crippen LogP contribution in [0.1, 0.15) is 21.7 Å². The molecule has 1 aromatic heterocycles. The lowest BCUT2D eigenvalue weighted by atomic mass is 10.1. The van der Waals surface area contributed by atoms with Gasteiger partial charge >= 0.3 is 5.97 Å². The SMILES string of the molecule is O=C(OCc1ccccc1Cl)c1ccc(-c2ccc(/C=N/NC3NNNN3)o2)cc1. The first-order valence-corrected chi connectivity index (χ1v) is 9.47. The number of benzene rings is 2. The third kappa shape index (κ3) is 5.03. The zero-order valence-corrected chi connectivity index (χ0v) is 16.4. The van der Waals surface area contributed by atoms with E-state index >= 15 is 0 Å². The monoisotopic (exact) mass is 426 g/mol. The van der Waals surface area contributed by atoms with Crippen molar-refractivity contribution in [3.8, 4) is 11.3 Å². The maximum atomic E-state index is 12.3. The maximum absolute atomic E-state index is 12.3. The number of furan rings is 1. The van der Waals surface area contributed by atoms with E-state index in [1.165, 1.54) is 0 Å². The van der Waals surface area contributed by atoms with Crippen molar-refractivity contribution < 1.29 is 13.9 Å². The summed E-state index contributed by atoms with van der Waals surface area (Å²) in [5, 5.41) is 4.64. The minimum atomic E-state index is -0.419. The summed E-state index contributed by atoms with van der Waals surface area (Å²) >= 11 is 6.08. The van der Waals surface area contributed by atoms with Crippen molar-refractivity contribution in [2.45, 2.75) is 12.9 Å². The lowest BCUT2D eigenvalue weighted by Gasteiger charge is -2.07. The number of hydrogen-bond donors (Lipinski definition) is 5. The highest BCUT2D eigenvalue weighted by molar-refractivity contribution is 6.31. The van der Waals surface area contributed by atoms with Gasteiger partial charge in [0.2, 0.25) is 0 Å². The molecule has 0 unspecified atom stereocenters. The fraction of sp³-hybridized carbons (Fsp3) is 0.100. The van der Waals surface area contributed by atoms with Crippen molar-refractivity contribution in [1.29, 1.82) is 0 Å². The molecule has 0 radical (unpaired) electrons. The number of hydrazine groups is 3. The molecule has 1 aliphatic heterocycles. The van der Waals surface area contributed by atoms with Gasteiger partial charge in [-0.05, 0) is 30.3 Å². The zero-order valence-electron chi connectivity index (χ0n) is 15.7. The van der Waals surface area contributed by atoms with Crippen LogP contribution in [0.4, 0.5) is 0 Å². The highest BCUT2D eigenvalue weighted by atomic mass is 35.5. The Hall–Kier alpha value is -3.21. The van der Waals surface area contributed by atoms with E-state index in [0.717, 1.165) is 11.1 Å². The molecule has 1 aliphatic rings. The van der Waals surface area contributed by atoms with Crippen molar-refractivity contribution in [2.24, 2.45) is 5.10 Å². The van der Waals surface area contributed by atoms with Gasteiger partial charge in [0.25, 0.3) is 0 Å². The van der Waals surface area contributed by atoms with Crippen LogP contribution >= 0.6 is 11.6 Å². The third-order valence-corrected chi connectivity index (χ3v) is 4.61. The van der Waals surface area contributed by atoms with Gasteiger partial charge < -0.3 is 9.15 Å². The summed E-state index contributed by atoms with van der Waals surface area (Å²) in [7, 11) is 0. The Morgan fingerprint density at radius 2 is 1.87 bits per heavy atom. The van der Waals surface area contributed by atoms with Crippen molar-refractivity contribution in [1.82, 2.24) is 27.3 Å². The molecule has 30 heavy (non-hydrogen) atoms. The van der Waals surface area contributed by atoms with Gasteiger partial charge in [-0.15, -0.1) is 0 Å². The van der Waals surface area contributed by atoms with Crippen molar-refractivity contribution in [3.63, 3.8) is 0 Å². The Kier molecular flexibility index (Phi) is 6.38. The smallest absolute Gasteiger partial charge is 0.338 e. The average Bonchev–Trinajstić information content (AvgIpc) is 3.46. The number of esters is 1. The van der Waals surface area contributed by atoms with Crippen LogP contribution in [0.5, 0.6) is 0 Å². The number of nitrogens with zero attached hydrogens (tertiary/aromatic N) is 1. The molecule has 10 heteroatoms. The summed E-state index contributed by atoms with van der Waals surface area (Å²) in [6.45, 7) is 0.118. The van der Waals surface area contributed by atoms with E-state index in [0.29, 0.717) is 22.1 Å². The second-order valence-corrected chi connectivity index (χ2v) is 6.71. The first kappa shape index (κ1) is 20.1. The van der Waals surface area contributed by atoms with Gasteiger partial charge in [0, 0.05) is 16.1 Å². The summed E-state index contributed by atoms with van der Waals surface area (Å²) in [5.41, 5.74) is 15.9.